The molecule has 0 aliphatic rings. The Labute approximate surface area is 121 Å². The van der Waals surface area contributed by atoms with Crippen molar-refractivity contribution in [1.29, 1.82) is 0 Å². The molecule has 0 aromatic heterocycles. The minimum absolute atomic E-state index is 0.0221. The maximum Gasteiger partial charge on any atom is 0.238 e. The van der Waals surface area contributed by atoms with E-state index in [-0.39, 0.29) is 5.91 Å². The number of ether oxygens (including phenoxy) is 1. The normalized spacial score (nSPS) is 12.4. The average Bonchev–Trinajstić information content (AvgIpc) is 2.45. The van der Waals surface area contributed by atoms with E-state index in [0.29, 0.717) is 24.9 Å². The summed E-state index contributed by atoms with van der Waals surface area (Å²) >= 11 is 0. The number of benzene rings is 1. The summed E-state index contributed by atoms with van der Waals surface area (Å²) in [5, 5.41) is 2.88. The second kappa shape index (κ2) is 8.55. The van der Waals surface area contributed by atoms with Gasteiger partial charge < -0.3 is 15.8 Å². The molecule has 5 nitrogen and oxygen atoms in total. The van der Waals surface area contributed by atoms with Crippen LogP contribution < -0.4 is 11.1 Å². The summed E-state index contributed by atoms with van der Waals surface area (Å²) in [6.45, 7) is 5.97. The van der Waals surface area contributed by atoms with Gasteiger partial charge in [-0.3, -0.25) is 9.69 Å². The van der Waals surface area contributed by atoms with E-state index >= 15 is 0 Å². The standard InChI is InChI=1S/C15H25N3O2/c1-4-12(2)18(9-10-20-3)11-15(19)17-14-7-5-13(16)6-8-14/h5-8,12H,4,9-11,16H2,1-3H3,(H,17,19). The smallest absolute Gasteiger partial charge is 0.238 e. The monoisotopic (exact) mass is 279 g/mol. The Morgan fingerprint density at radius 2 is 2.05 bits per heavy atom. The molecule has 1 amide bonds. The number of anilines is 2. The maximum atomic E-state index is 12.1. The van der Waals surface area contributed by atoms with Gasteiger partial charge in [0.1, 0.15) is 0 Å². The van der Waals surface area contributed by atoms with Gasteiger partial charge in [-0.1, -0.05) is 6.92 Å². The van der Waals surface area contributed by atoms with E-state index in [1.807, 2.05) is 0 Å². The fourth-order valence-corrected chi connectivity index (χ4v) is 1.87. The molecule has 0 spiro atoms. The van der Waals surface area contributed by atoms with Crippen LogP contribution in [0.4, 0.5) is 11.4 Å². The number of hydrogen-bond acceptors (Lipinski definition) is 4. The highest BCUT2D eigenvalue weighted by molar-refractivity contribution is 5.92. The number of nitrogens with one attached hydrogen (secondary N) is 1. The summed E-state index contributed by atoms with van der Waals surface area (Å²) in [5.74, 6) is -0.0221. The second-order valence-corrected chi connectivity index (χ2v) is 4.89. The second-order valence-electron chi connectivity index (χ2n) is 4.89. The molecular formula is C15H25N3O2. The molecule has 1 atom stereocenters. The van der Waals surface area contributed by atoms with Crippen molar-refractivity contribution >= 4 is 17.3 Å². The number of methoxy groups -OCH3 is 1. The zero-order valence-electron chi connectivity index (χ0n) is 12.6. The number of carbonyl (C=O) groups excluding carboxylic acids is 1. The number of carbonyl (C=O) groups is 1. The van der Waals surface area contributed by atoms with Crippen LogP contribution in [0.1, 0.15) is 20.3 Å². The van der Waals surface area contributed by atoms with E-state index in [1.165, 1.54) is 0 Å². The predicted octanol–water partition coefficient (Wildman–Crippen LogP) is 1.95. The van der Waals surface area contributed by atoms with Crippen molar-refractivity contribution in [2.45, 2.75) is 26.3 Å². The Kier molecular flexibility index (Phi) is 7.04. The average molecular weight is 279 g/mol. The van der Waals surface area contributed by atoms with Gasteiger partial charge >= 0.3 is 0 Å². The lowest BCUT2D eigenvalue weighted by Crippen LogP contribution is -2.41. The first-order valence-corrected chi connectivity index (χ1v) is 6.95. The molecule has 1 aromatic carbocycles. The van der Waals surface area contributed by atoms with E-state index in [0.717, 1.165) is 18.7 Å². The molecule has 0 fully saturated rings. The number of nitrogens with zero attached hydrogens (tertiary/aromatic N) is 1. The summed E-state index contributed by atoms with van der Waals surface area (Å²) in [7, 11) is 1.67. The van der Waals surface area contributed by atoms with Crippen LogP contribution in [-0.2, 0) is 9.53 Å². The van der Waals surface area contributed by atoms with Crippen LogP contribution in [0.5, 0.6) is 0 Å². The molecule has 20 heavy (non-hydrogen) atoms. The lowest BCUT2D eigenvalue weighted by Gasteiger charge is -2.27. The first-order valence-electron chi connectivity index (χ1n) is 6.95. The Bertz CT molecular complexity index is 406. The topological polar surface area (TPSA) is 67.6 Å². The van der Waals surface area contributed by atoms with E-state index in [4.69, 9.17) is 10.5 Å². The Morgan fingerprint density at radius 1 is 1.40 bits per heavy atom. The fourth-order valence-electron chi connectivity index (χ4n) is 1.87. The molecule has 1 unspecified atom stereocenters. The van der Waals surface area contributed by atoms with E-state index in [2.05, 4.69) is 24.1 Å². The van der Waals surface area contributed by atoms with Crippen LogP contribution in [0.15, 0.2) is 24.3 Å². The molecule has 0 saturated carbocycles. The van der Waals surface area contributed by atoms with Gasteiger partial charge in [-0.05, 0) is 37.6 Å². The van der Waals surface area contributed by atoms with Gasteiger partial charge in [-0.2, -0.15) is 0 Å². The minimum atomic E-state index is -0.0221. The number of rotatable bonds is 8. The van der Waals surface area contributed by atoms with E-state index in [1.54, 1.807) is 31.4 Å². The van der Waals surface area contributed by atoms with Crippen molar-refractivity contribution in [2.24, 2.45) is 0 Å². The first kappa shape index (κ1) is 16.5. The lowest BCUT2D eigenvalue weighted by molar-refractivity contribution is -0.118. The molecule has 3 N–H and O–H groups in total. The number of nitrogen functional groups attached to an aromatic ring is 1. The van der Waals surface area contributed by atoms with Gasteiger partial charge in [0.05, 0.1) is 13.2 Å². The highest BCUT2D eigenvalue weighted by Gasteiger charge is 2.15. The molecule has 0 bridgehead atoms. The Hall–Kier alpha value is -1.59. The summed E-state index contributed by atoms with van der Waals surface area (Å²) in [6, 6.07) is 7.49. The fraction of sp³-hybridized carbons (Fsp3) is 0.533. The molecule has 0 radical (unpaired) electrons. The molecule has 0 aliphatic heterocycles. The Balaban J connectivity index is 2.54. The van der Waals surface area contributed by atoms with Crippen LogP contribution >= 0.6 is 0 Å². The third kappa shape index (κ3) is 5.59. The summed E-state index contributed by atoms with van der Waals surface area (Å²) in [5.41, 5.74) is 7.06. The van der Waals surface area contributed by atoms with Gasteiger partial charge in [0.25, 0.3) is 0 Å². The van der Waals surface area contributed by atoms with E-state index in [9.17, 15) is 4.79 Å². The maximum absolute atomic E-state index is 12.1. The SMILES string of the molecule is CCC(C)N(CCOC)CC(=O)Nc1ccc(N)cc1. The van der Waals surface area contributed by atoms with Crippen molar-refractivity contribution in [3.63, 3.8) is 0 Å². The van der Waals surface area contributed by atoms with Crippen molar-refractivity contribution < 1.29 is 9.53 Å². The van der Waals surface area contributed by atoms with Gasteiger partial charge in [-0.15, -0.1) is 0 Å². The minimum Gasteiger partial charge on any atom is -0.399 e. The molecule has 1 rings (SSSR count). The summed E-state index contributed by atoms with van der Waals surface area (Å²) in [4.78, 5) is 14.2. The van der Waals surface area contributed by atoms with Gasteiger partial charge in [0.15, 0.2) is 0 Å². The zero-order valence-corrected chi connectivity index (χ0v) is 12.6. The van der Waals surface area contributed by atoms with E-state index < -0.39 is 0 Å². The molecule has 112 valence electrons. The highest BCUT2D eigenvalue weighted by Crippen LogP contribution is 2.11. The molecular weight excluding hydrogens is 254 g/mol. The van der Waals surface area contributed by atoms with Gasteiger partial charge in [0.2, 0.25) is 5.91 Å². The van der Waals surface area contributed by atoms with Crippen LogP contribution in [0.2, 0.25) is 0 Å². The van der Waals surface area contributed by atoms with Gasteiger partial charge in [0, 0.05) is 31.1 Å². The van der Waals surface area contributed by atoms with Crippen molar-refractivity contribution in [3.8, 4) is 0 Å². The Morgan fingerprint density at radius 3 is 2.60 bits per heavy atom. The van der Waals surface area contributed by atoms with Crippen LogP contribution in [0, 0.1) is 0 Å². The number of hydrogen-bond donors (Lipinski definition) is 2. The third-order valence-corrected chi connectivity index (χ3v) is 3.34. The number of nitrogens with two attached hydrogens (primary N) is 1. The molecule has 1 aromatic rings. The predicted molar refractivity (Wildman–Crippen MR) is 82.7 cm³/mol. The van der Waals surface area contributed by atoms with Crippen molar-refractivity contribution in [1.82, 2.24) is 4.90 Å². The largest absolute Gasteiger partial charge is 0.399 e. The van der Waals surface area contributed by atoms with Gasteiger partial charge in [-0.25, -0.2) is 0 Å². The third-order valence-electron chi connectivity index (χ3n) is 3.34. The van der Waals surface area contributed by atoms with Crippen LogP contribution in [0.3, 0.4) is 0 Å². The molecule has 5 heteroatoms. The quantitative estimate of drug-likeness (QED) is 0.714. The number of amides is 1. The summed E-state index contributed by atoms with van der Waals surface area (Å²) in [6.07, 6.45) is 0.999. The highest BCUT2D eigenvalue weighted by atomic mass is 16.5. The van der Waals surface area contributed by atoms with Crippen molar-refractivity contribution in [3.05, 3.63) is 24.3 Å². The zero-order chi connectivity index (χ0) is 15.0. The van der Waals surface area contributed by atoms with Crippen LogP contribution in [-0.4, -0.2) is 43.7 Å². The summed E-state index contributed by atoms with van der Waals surface area (Å²) < 4.78 is 5.09. The lowest BCUT2D eigenvalue weighted by atomic mass is 10.2. The first-order chi connectivity index (χ1) is 9.56. The van der Waals surface area contributed by atoms with Crippen molar-refractivity contribution in [2.75, 3.05) is 37.9 Å². The molecule has 0 heterocycles. The molecule has 0 saturated heterocycles. The molecule has 0 aliphatic carbocycles. The van der Waals surface area contributed by atoms with Crippen LogP contribution in [0.25, 0.3) is 0 Å².